The minimum Gasteiger partial charge on any atom is -0.493 e. The summed E-state index contributed by atoms with van der Waals surface area (Å²) in [5.41, 5.74) is 4.00. The van der Waals surface area contributed by atoms with Crippen LogP contribution in [0.1, 0.15) is 22.3 Å². The molecule has 0 aromatic heterocycles. The van der Waals surface area contributed by atoms with Gasteiger partial charge in [-0.25, -0.2) is 9.69 Å². The van der Waals surface area contributed by atoms with E-state index in [-0.39, 0.29) is 12.2 Å². The summed E-state index contributed by atoms with van der Waals surface area (Å²) in [6, 6.07) is 15.3. The van der Waals surface area contributed by atoms with Crippen LogP contribution < -0.4 is 24.4 Å². The SMILES string of the molecule is COc1cc(/C=C2/C(=O)NC(=O)N(c3ccc(C)cc3)C2=O)cc(Br)c1OCCOc1ccc(C)c(C)c1. The van der Waals surface area contributed by atoms with Crippen LogP contribution in [0.5, 0.6) is 17.2 Å². The van der Waals surface area contributed by atoms with E-state index in [1.54, 1.807) is 36.4 Å². The molecule has 9 heteroatoms. The lowest BCUT2D eigenvalue weighted by Gasteiger charge is -2.26. The zero-order valence-corrected chi connectivity index (χ0v) is 23.0. The Hall–Kier alpha value is -4.11. The molecule has 4 amide bonds. The van der Waals surface area contributed by atoms with E-state index in [4.69, 9.17) is 14.2 Å². The van der Waals surface area contributed by atoms with Crippen LogP contribution in [0.25, 0.3) is 6.08 Å². The first kappa shape index (κ1) is 26.9. The molecule has 0 unspecified atom stereocenters. The molecule has 38 heavy (non-hydrogen) atoms. The van der Waals surface area contributed by atoms with Crippen LogP contribution in [0.4, 0.5) is 10.5 Å². The number of hydrogen-bond donors (Lipinski definition) is 1. The number of urea groups is 1. The van der Waals surface area contributed by atoms with E-state index < -0.39 is 17.8 Å². The molecule has 0 spiro atoms. The van der Waals surface area contributed by atoms with Gasteiger partial charge in [0.05, 0.1) is 17.3 Å². The Morgan fingerprint density at radius 3 is 2.29 bits per heavy atom. The maximum atomic E-state index is 13.2. The largest absolute Gasteiger partial charge is 0.493 e. The molecule has 8 nitrogen and oxygen atoms in total. The van der Waals surface area contributed by atoms with Crippen molar-refractivity contribution < 1.29 is 28.6 Å². The van der Waals surface area contributed by atoms with Crippen LogP contribution in [0.2, 0.25) is 0 Å². The minimum atomic E-state index is -0.800. The number of nitrogens with zero attached hydrogens (tertiary/aromatic N) is 1. The predicted octanol–water partition coefficient (Wildman–Crippen LogP) is 5.51. The number of aryl methyl sites for hydroxylation is 3. The highest BCUT2D eigenvalue weighted by atomic mass is 79.9. The van der Waals surface area contributed by atoms with Crippen molar-refractivity contribution in [2.75, 3.05) is 25.2 Å². The van der Waals surface area contributed by atoms with E-state index >= 15 is 0 Å². The van der Waals surface area contributed by atoms with E-state index in [0.29, 0.717) is 33.8 Å². The number of methoxy groups -OCH3 is 1. The second-order valence-electron chi connectivity index (χ2n) is 8.77. The van der Waals surface area contributed by atoms with E-state index in [1.165, 1.54) is 18.7 Å². The monoisotopic (exact) mass is 578 g/mol. The molecule has 0 bridgehead atoms. The minimum absolute atomic E-state index is 0.186. The summed E-state index contributed by atoms with van der Waals surface area (Å²) in [6.07, 6.45) is 1.41. The van der Waals surface area contributed by atoms with E-state index in [9.17, 15) is 14.4 Å². The van der Waals surface area contributed by atoms with Gasteiger partial charge in [-0.1, -0.05) is 23.8 Å². The number of halogens is 1. The van der Waals surface area contributed by atoms with Gasteiger partial charge in [0.2, 0.25) is 0 Å². The average Bonchev–Trinajstić information content (AvgIpc) is 2.88. The number of anilines is 1. The van der Waals surface area contributed by atoms with Crippen molar-refractivity contribution in [3.05, 3.63) is 86.9 Å². The number of imide groups is 2. The van der Waals surface area contributed by atoms with E-state index in [2.05, 4.69) is 21.2 Å². The van der Waals surface area contributed by atoms with Gasteiger partial charge in [-0.05, 0) is 95.9 Å². The maximum Gasteiger partial charge on any atom is 0.335 e. The lowest BCUT2D eigenvalue weighted by atomic mass is 10.1. The molecular weight excluding hydrogens is 552 g/mol. The Morgan fingerprint density at radius 2 is 1.61 bits per heavy atom. The number of amides is 4. The maximum absolute atomic E-state index is 13.2. The third kappa shape index (κ3) is 5.89. The van der Waals surface area contributed by atoms with Gasteiger partial charge in [0, 0.05) is 0 Å². The van der Waals surface area contributed by atoms with Crippen molar-refractivity contribution in [1.82, 2.24) is 5.32 Å². The van der Waals surface area contributed by atoms with E-state index in [0.717, 1.165) is 21.8 Å². The molecule has 3 aromatic rings. The number of ether oxygens (including phenoxy) is 3. The summed E-state index contributed by atoms with van der Waals surface area (Å²) >= 11 is 3.49. The molecule has 1 heterocycles. The number of rotatable bonds is 8. The quantitative estimate of drug-likeness (QED) is 0.215. The summed E-state index contributed by atoms with van der Waals surface area (Å²) in [6.45, 7) is 6.55. The lowest BCUT2D eigenvalue weighted by Crippen LogP contribution is -2.54. The van der Waals surface area contributed by atoms with Crippen LogP contribution in [-0.4, -0.2) is 38.2 Å². The molecule has 1 aliphatic rings. The molecule has 0 atom stereocenters. The van der Waals surface area contributed by atoms with Gasteiger partial charge in [-0.15, -0.1) is 0 Å². The third-order valence-corrected chi connectivity index (χ3v) is 6.62. The zero-order chi connectivity index (χ0) is 27.4. The molecule has 196 valence electrons. The topological polar surface area (TPSA) is 94.2 Å². The number of nitrogens with one attached hydrogen (secondary N) is 1. The Balaban J connectivity index is 1.51. The highest BCUT2D eigenvalue weighted by Crippen LogP contribution is 2.37. The fourth-order valence-electron chi connectivity index (χ4n) is 3.82. The molecular formula is C29H27BrN2O6. The second kappa shape index (κ2) is 11.5. The summed E-state index contributed by atoms with van der Waals surface area (Å²) in [5, 5.41) is 2.23. The van der Waals surface area contributed by atoms with Gasteiger partial charge in [0.15, 0.2) is 11.5 Å². The Morgan fingerprint density at radius 1 is 0.895 bits per heavy atom. The molecule has 4 rings (SSSR count). The number of hydrogen-bond acceptors (Lipinski definition) is 6. The zero-order valence-electron chi connectivity index (χ0n) is 21.5. The highest BCUT2D eigenvalue weighted by Gasteiger charge is 2.36. The van der Waals surface area contributed by atoms with Crippen LogP contribution >= 0.6 is 15.9 Å². The fourth-order valence-corrected chi connectivity index (χ4v) is 4.40. The lowest BCUT2D eigenvalue weighted by molar-refractivity contribution is -0.122. The predicted molar refractivity (Wildman–Crippen MR) is 148 cm³/mol. The molecule has 1 aliphatic heterocycles. The Bertz CT molecular complexity index is 1430. The van der Waals surface area contributed by atoms with Gasteiger partial charge in [0.25, 0.3) is 11.8 Å². The van der Waals surface area contributed by atoms with Crippen LogP contribution in [0.15, 0.2) is 64.6 Å². The van der Waals surface area contributed by atoms with Crippen molar-refractivity contribution >= 4 is 45.5 Å². The van der Waals surface area contributed by atoms with Gasteiger partial charge in [-0.2, -0.15) is 0 Å². The van der Waals surface area contributed by atoms with Gasteiger partial charge in [-0.3, -0.25) is 14.9 Å². The standard InChI is InChI=1S/C29H27BrN2O6/c1-17-5-8-21(9-6-17)32-28(34)23(27(33)31-29(32)35)14-20-15-24(30)26(25(16-20)36-4)38-12-11-37-22-10-7-18(2)19(3)13-22/h5-10,13-16H,11-12H2,1-4H3,(H,31,33,35)/b23-14-. The van der Waals surface area contributed by atoms with Crippen molar-refractivity contribution in [1.29, 1.82) is 0 Å². The summed E-state index contributed by atoms with van der Waals surface area (Å²) in [7, 11) is 1.49. The summed E-state index contributed by atoms with van der Waals surface area (Å²) < 4.78 is 17.7. The molecule has 0 radical (unpaired) electrons. The fraction of sp³-hybridized carbons (Fsp3) is 0.207. The van der Waals surface area contributed by atoms with Crippen molar-refractivity contribution in [2.45, 2.75) is 20.8 Å². The number of carbonyl (C=O) groups is 3. The van der Waals surface area contributed by atoms with E-state index in [1.807, 2.05) is 39.0 Å². The van der Waals surface area contributed by atoms with Crippen molar-refractivity contribution in [2.24, 2.45) is 0 Å². The average molecular weight is 579 g/mol. The normalized spacial score (nSPS) is 14.5. The molecule has 1 saturated heterocycles. The summed E-state index contributed by atoms with van der Waals surface area (Å²) in [4.78, 5) is 39.1. The molecule has 1 fully saturated rings. The van der Waals surface area contributed by atoms with Gasteiger partial charge >= 0.3 is 6.03 Å². The molecule has 3 aromatic carbocycles. The number of benzene rings is 3. The van der Waals surface area contributed by atoms with Crippen LogP contribution in [0, 0.1) is 20.8 Å². The molecule has 0 saturated carbocycles. The molecule has 1 N–H and O–H groups in total. The summed E-state index contributed by atoms with van der Waals surface area (Å²) in [5.74, 6) is 0.115. The van der Waals surface area contributed by atoms with Crippen molar-refractivity contribution in [3.8, 4) is 17.2 Å². The Labute approximate surface area is 229 Å². The number of barbiturate groups is 1. The first-order valence-corrected chi connectivity index (χ1v) is 12.7. The molecule has 0 aliphatic carbocycles. The van der Waals surface area contributed by atoms with Crippen LogP contribution in [-0.2, 0) is 9.59 Å². The highest BCUT2D eigenvalue weighted by molar-refractivity contribution is 9.10. The third-order valence-electron chi connectivity index (χ3n) is 6.03. The van der Waals surface area contributed by atoms with Crippen molar-refractivity contribution in [3.63, 3.8) is 0 Å². The van der Waals surface area contributed by atoms with Crippen LogP contribution in [0.3, 0.4) is 0 Å². The van der Waals surface area contributed by atoms with Gasteiger partial charge < -0.3 is 14.2 Å². The Kier molecular flexibility index (Phi) is 8.16. The smallest absolute Gasteiger partial charge is 0.335 e. The first-order chi connectivity index (χ1) is 18.2. The second-order valence-corrected chi connectivity index (χ2v) is 9.62. The first-order valence-electron chi connectivity index (χ1n) is 11.9. The van der Waals surface area contributed by atoms with Gasteiger partial charge in [0.1, 0.15) is 24.5 Å². The number of carbonyl (C=O) groups excluding carboxylic acids is 3.